The zero-order valence-corrected chi connectivity index (χ0v) is 24.5. The van der Waals surface area contributed by atoms with Crippen molar-refractivity contribution in [3.63, 3.8) is 0 Å². The lowest BCUT2D eigenvalue weighted by atomic mass is 10.1. The SMILES string of the molecule is CC/C=C/[C@H](C)CC(=O)N[C@H](CCC(=O)NCC(=O)N[C@H](C)C(=O)OCc1ccccc1)C(=O)OCc1ccccc1. The number of allylic oxidation sites excluding steroid dienone is 2. The highest BCUT2D eigenvalue weighted by molar-refractivity contribution is 5.89. The van der Waals surface area contributed by atoms with Crippen LogP contribution in [0.2, 0.25) is 0 Å². The molecule has 226 valence electrons. The summed E-state index contributed by atoms with van der Waals surface area (Å²) in [5, 5.41) is 7.63. The molecule has 42 heavy (non-hydrogen) atoms. The lowest BCUT2D eigenvalue weighted by molar-refractivity contribution is -0.149. The fourth-order valence-electron chi connectivity index (χ4n) is 3.81. The molecule has 0 saturated carbocycles. The third kappa shape index (κ3) is 13.7. The fourth-order valence-corrected chi connectivity index (χ4v) is 3.81. The summed E-state index contributed by atoms with van der Waals surface area (Å²) in [4.78, 5) is 62.3. The van der Waals surface area contributed by atoms with Crippen molar-refractivity contribution in [2.24, 2.45) is 5.92 Å². The minimum absolute atomic E-state index is 0.0196. The Hall–Kier alpha value is -4.47. The molecule has 3 N–H and O–H groups in total. The van der Waals surface area contributed by atoms with Crippen LogP contribution in [0.15, 0.2) is 72.8 Å². The van der Waals surface area contributed by atoms with Gasteiger partial charge in [-0.2, -0.15) is 0 Å². The maximum absolute atomic E-state index is 12.8. The average molecular weight is 580 g/mol. The maximum Gasteiger partial charge on any atom is 0.328 e. The molecule has 10 nitrogen and oxygen atoms in total. The molecule has 0 radical (unpaired) electrons. The second-order valence-electron chi connectivity index (χ2n) is 9.93. The summed E-state index contributed by atoms with van der Waals surface area (Å²) in [6.45, 7) is 5.12. The highest BCUT2D eigenvalue weighted by Gasteiger charge is 2.24. The lowest BCUT2D eigenvalue weighted by Crippen LogP contribution is -2.45. The van der Waals surface area contributed by atoms with Gasteiger partial charge in [0.2, 0.25) is 17.7 Å². The van der Waals surface area contributed by atoms with E-state index in [9.17, 15) is 24.0 Å². The topological polar surface area (TPSA) is 140 Å². The van der Waals surface area contributed by atoms with Crippen molar-refractivity contribution < 1.29 is 33.4 Å². The summed E-state index contributed by atoms with van der Waals surface area (Å²) in [5.41, 5.74) is 1.61. The summed E-state index contributed by atoms with van der Waals surface area (Å²) >= 11 is 0. The van der Waals surface area contributed by atoms with Crippen LogP contribution in [0, 0.1) is 5.92 Å². The van der Waals surface area contributed by atoms with E-state index in [0.717, 1.165) is 17.5 Å². The van der Waals surface area contributed by atoms with Gasteiger partial charge < -0.3 is 25.4 Å². The predicted molar refractivity (Wildman–Crippen MR) is 157 cm³/mol. The van der Waals surface area contributed by atoms with Gasteiger partial charge in [-0.05, 0) is 36.8 Å². The molecule has 2 aromatic carbocycles. The molecule has 0 aromatic heterocycles. The molecule has 3 atom stereocenters. The standard InChI is InChI=1S/C32H41N3O7/c1-4-5-12-23(2)19-29(37)35-27(32(40)42-22-26-15-10-7-11-16-26)17-18-28(36)33-20-30(38)34-24(3)31(39)41-21-25-13-8-6-9-14-25/h5-16,23-24,27H,4,17-22H2,1-3H3,(H,33,36)(H,34,38)(H,35,37)/b12-5+/t23-,24+,27+/m0/s1. The maximum atomic E-state index is 12.8. The number of esters is 2. The Morgan fingerprint density at radius 1 is 0.762 bits per heavy atom. The number of benzene rings is 2. The molecule has 3 amide bonds. The Balaban J connectivity index is 1.83. The molecule has 0 fully saturated rings. The molecule has 2 rings (SSSR count). The second kappa shape index (κ2) is 18.8. The second-order valence-corrected chi connectivity index (χ2v) is 9.93. The number of amides is 3. The number of carbonyl (C=O) groups excluding carboxylic acids is 5. The van der Waals surface area contributed by atoms with E-state index in [2.05, 4.69) is 16.0 Å². The van der Waals surface area contributed by atoms with Crippen LogP contribution in [0.1, 0.15) is 57.6 Å². The van der Waals surface area contributed by atoms with E-state index >= 15 is 0 Å². The first-order chi connectivity index (χ1) is 20.2. The van der Waals surface area contributed by atoms with Crippen molar-refractivity contribution in [3.05, 3.63) is 83.9 Å². The Morgan fingerprint density at radius 3 is 1.90 bits per heavy atom. The number of carbonyl (C=O) groups is 5. The van der Waals surface area contributed by atoms with Gasteiger partial charge in [0.15, 0.2) is 0 Å². The van der Waals surface area contributed by atoms with Gasteiger partial charge in [-0.1, -0.05) is 86.7 Å². The van der Waals surface area contributed by atoms with Crippen molar-refractivity contribution in [2.45, 2.75) is 71.8 Å². The van der Waals surface area contributed by atoms with Gasteiger partial charge >= 0.3 is 11.9 Å². The molecular formula is C32H41N3O7. The van der Waals surface area contributed by atoms with Gasteiger partial charge in [-0.3, -0.25) is 14.4 Å². The van der Waals surface area contributed by atoms with Crippen LogP contribution in [0.3, 0.4) is 0 Å². The van der Waals surface area contributed by atoms with Crippen LogP contribution >= 0.6 is 0 Å². The van der Waals surface area contributed by atoms with Crippen molar-refractivity contribution in [1.82, 2.24) is 16.0 Å². The third-order valence-electron chi connectivity index (χ3n) is 6.11. The van der Waals surface area contributed by atoms with Crippen molar-refractivity contribution in [1.29, 1.82) is 0 Å². The van der Waals surface area contributed by atoms with Crippen LogP contribution in [-0.2, 0) is 46.7 Å². The summed E-state index contributed by atoms with van der Waals surface area (Å²) in [6, 6.07) is 16.3. The third-order valence-corrected chi connectivity index (χ3v) is 6.11. The molecule has 0 heterocycles. The zero-order valence-electron chi connectivity index (χ0n) is 24.5. The Morgan fingerprint density at radius 2 is 1.33 bits per heavy atom. The smallest absolute Gasteiger partial charge is 0.328 e. The fraction of sp³-hybridized carbons (Fsp3) is 0.406. The number of hydrogen-bond acceptors (Lipinski definition) is 7. The predicted octanol–water partition coefficient (Wildman–Crippen LogP) is 3.35. The normalized spacial score (nSPS) is 12.9. The van der Waals surface area contributed by atoms with E-state index < -0.39 is 35.8 Å². The van der Waals surface area contributed by atoms with Gasteiger partial charge in [-0.15, -0.1) is 0 Å². The van der Waals surface area contributed by atoms with Crippen LogP contribution in [0.5, 0.6) is 0 Å². The highest BCUT2D eigenvalue weighted by Crippen LogP contribution is 2.09. The van der Waals surface area contributed by atoms with E-state index in [1.54, 1.807) is 0 Å². The van der Waals surface area contributed by atoms with E-state index in [-0.39, 0.29) is 50.8 Å². The first-order valence-electron chi connectivity index (χ1n) is 14.1. The van der Waals surface area contributed by atoms with Gasteiger partial charge in [0.1, 0.15) is 25.3 Å². The molecule has 0 aliphatic heterocycles. The Bertz CT molecular complexity index is 1190. The van der Waals surface area contributed by atoms with Gasteiger partial charge in [0.05, 0.1) is 6.54 Å². The van der Waals surface area contributed by atoms with Crippen LogP contribution in [0.4, 0.5) is 0 Å². The summed E-state index contributed by atoms with van der Waals surface area (Å²) in [6.07, 6.45) is 4.78. The van der Waals surface area contributed by atoms with Gasteiger partial charge in [-0.25, -0.2) is 9.59 Å². The molecule has 0 spiro atoms. The van der Waals surface area contributed by atoms with E-state index in [0.29, 0.717) is 0 Å². The summed E-state index contributed by atoms with van der Waals surface area (Å²) in [5.74, 6) is -2.70. The van der Waals surface area contributed by atoms with E-state index in [1.165, 1.54) is 6.92 Å². The van der Waals surface area contributed by atoms with Gasteiger partial charge in [0, 0.05) is 12.8 Å². The highest BCUT2D eigenvalue weighted by atomic mass is 16.5. The minimum Gasteiger partial charge on any atom is -0.459 e. The molecule has 0 unspecified atom stereocenters. The van der Waals surface area contributed by atoms with E-state index in [4.69, 9.17) is 9.47 Å². The van der Waals surface area contributed by atoms with E-state index in [1.807, 2.05) is 86.7 Å². The van der Waals surface area contributed by atoms with Crippen molar-refractivity contribution in [2.75, 3.05) is 6.54 Å². The van der Waals surface area contributed by atoms with Crippen molar-refractivity contribution >= 4 is 29.7 Å². The molecule has 0 aliphatic rings. The summed E-state index contributed by atoms with van der Waals surface area (Å²) in [7, 11) is 0. The Kier molecular flexibility index (Phi) is 15.1. The summed E-state index contributed by atoms with van der Waals surface area (Å²) < 4.78 is 10.6. The number of nitrogens with one attached hydrogen (secondary N) is 3. The molecule has 0 saturated heterocycles. The molecule has 10 heteroatoms. The molecule has 2 aromatic rings. The van der Waals surface area contributed by atoms with Crippen LogP contribution in [0.25, 0.3) is 0 Å². The van der Waals surface area contributed by atoms with Gasteiger partial charge in [0.25, 0.3) is 0 Å². The average Bonchev–Trinajstić information content (AvgIpc) is 2.99. The first kappa shape index (κ1) is 33.7. The first-order valence-corrected chi connectivity index (χ1v) is 14.1. The van der Waals surface area contributed by atoms with Crippen molar-refractivity contribution in [3.8, 4) is 0 Å². The number of hydrogen-bond donors (Lipinski definition) is 3. The number of ether oxygens (including phenoxy) is 2. The molecular weight excluding hydrogens is 538 g/mol. The number of rotatable bonds is 17. The largest absolute Gasteiger partial charge is 0.459 e. The Labute approximate surface area is 247 Å². The molecule has 0 bridgehead atoms. The van der Waals surface area contributed by atoms with Crippen LogP contribution < -0.4 is 16.0 Å². The molecule has 0 aliphatic carbocycles. The quantitative estimate of drug-likeness (QED) is 0.193. The van der Waals surface area contributed by atoms with Crippen LogP contribution in [-0.4, -0.2) is 48.3 Å². The monoisotopic (exact) mass is 579 g/mol. The minimum atomic E-state index is -1.04. The lowest BCUT2D eigenvalue weighted by Gasteiger charge is -2.19. The zero-order chi connectivity index (χ0) is 30.7.